The van der Waals surface area contributed by atoms with Gasteiger partial charge in [0, 0.05) is 33.1 Å². The average molecular weight is 362 g/mol. The normalized spacial score (nSPS) is 16.6. The number of H-pyrrole nitrogens is 1. The molecule has 0 atom stereocenters. The van der Waals surface area contributed by atoms with Gasteiger partial charge in [0.1, 0.15) is 9.39 Å². The van der Waals surface area contributed by atoms with E-state index in [1.807, 2.05) is 27.5 Å². The summed E-state index contributed by atoms with van der Waals surface area (Å²) in [4.78, 5) is 33.6. The van der Waals surface area contributed by atoms with Crippen LogP contribution in [0.1, 0.15) is 13.3 Å². The van der Waals surface area contributed by atoms with E-state index in [1.54, 1.807) is 6.92 Å². The molecule has 1 amide bonds. The molecule has 1 fully saturated rings. The van der Waals surface area contributed by atoms with Crippen LogP contribution in [-0.4, -0.2) is 47.0 Å². The molecule has 6 nitrogen and oxygen atoms in total. The highest BCUT2D eigenvalue weighted by Gasteiger charge is 2.19. The molecular weight excluding hydrogens is 347 g/mol. The lowest BCUT2D eigenvalue weighted by Crippen LogP contribution is -2.34. The van der Waals surface area contributed by atoms with Gasteiger partial charge in [0.05, 0.1) is 6.33 Å². The van der Waals surface area contributed by atoms with Crippen LogP contribution in [-0.2, 0) is 4.79 Å². The molecule has 2 heterocycles. The number of carbonyl (C=O) groups excluding carboxylic acids is 1. The summed E-state index contributed by atoms with van der Waals surface area (Å²) >= 11 is 2.01. The Bertz CT molecular complexity index is 502. The Morgan fingerprint density at radius 1 is 1.39 bits per heavy atom. The quantitative estimate of drug-likeness (QED) is 0.736. The average Bonchev–Trinajstić information content (AvgIpc) is 2.58. The zero-order chi connectivity index (χ0) is 13.1. The molecule has 7 heteroatoms. The van der Waals surface area contributed by atoms with E-state index >= 15 is 0 Å². The van der Waals surface area contributed by atoms with Crippen molar-refractivity contribution >= 4 is 34.3 Å². The molecule has 18 heavy (non-hydrogen) atoms. The molecule has 0 saturated carbocycles. The first-order valence-corrected chi connectivity index (χ1v) is 6.91. The fraction of sp³-hybridized carbons (Fsp3) is 0.545. The van der Waals surface area contributed by atoms with Crippen LogP contribution in [0.4, 0.5) is 5.82 Å². The summed E-state index contributed by atoms with van der Waals surface area (Å²) in [5, 5.41) is 0. The van der Waals surface area contributed by atoms with Crippen LogP contribution in [0.25, 0.3) is 0 Å². The molecule has 1 aliphatic rings. The number of hydrogen-bond acceptors (Lipinski definition) is 4. The summed E-state index contributed by atoms with van der Waals surface area (Å²) in [5.74, 6) is 0.815. The number of halogens is 1. The number of hydrogen-bond donors (Lipinski definition) is 1. The second-order valence-corrected chi connectivity index (χ2v) is 5.29. The Morgan fingerprint density at radius 2 is 2.17 bits per heavy atom. The standard InChI is InChI=1S/C11H15IN4O2/c1-8(17)15-3-2-4-16(6-5-15)10-9(12)11(18)14-7-13-10/h7H,2-6H2,1H3,(H,13,14,18). The summed E-state index contributed by atoms with van der Waals surface area (Å²) < 4.78 is 0.603. The van der Waals surface area contributed by atoms with Gasteiger partial charge < -0.3 is 14.8 Å². The molecule has 2 rings (SSSR count). The lowest BCUT2D eigenvalue weighted by Gasteiger charge is -2.22. The van der Waals surface area contributed by atoms with Crippen molar-refractivity contribution in [3.63, 3.8) is 0 Å². The minimum atomic E-state index is -0.117. The zero-order valence-corrected chi connectivity index (χ0v) is 12.3. The maximum atomic E-state index is 11.5. The first-order chi connectivity index (χ1) is 8.59. The van der Waals surface area contributed by atoms with Gasteiger partial charge in [-0.2, -0.15) is 0 Å². The number of anilines is 1. The number of carbonyl (C=O) groups is 1. The largest absolute Gasteiger partial charge is 0.354 e. The highest BCUT2D eigenvalue weighted by Crippen LogP contribution is 2.17. The Morgan fingerprint density at radius 3 is 2.89 bits per heavy atom. The molecule has 0 aromatic carbocycles. The lowest BCUT2D eigenvalue weighted by atomic mass is 10.3. The van der Waals surface area contributed by atoms with E-state index in [2.05, 4.69) is 14.9 Å². The molecule has 1 aromatic rings. The van der Waals surface area contributed by atoms with Gasteiger partial charge in [-0.05, 0) is 29.0 Å². The summed E-state index contributed by atoms with van der Waals surface area (Å²) in [6, 6.07) is 0. The van der Waals surface area contributed by atoms with Gasteiger partial charge in [-0.25, -0.2) is 4.98 Å². The van der Waals surface area contributed by atoms with E-state index in [0.717, 1.165) is 19.5 Å². The van der Waals surface area contributed by atoms with Gasteiger partial charge in [-0.1, -0.05) is 0 Å². The minimum absolute atomic E-state index is 0.102. The minimum Gasteiger partial charge on any atom is -0.354 e. The van der Waals surface area contributed by atoms with E-state index in [9.17, 15) is 9.59 Å². The van der Waals surface area contributed by atoms with Crippen molar-refractivity contribution in [1.29, 1.82) is 0 Å². The van der Waals surface area contributed by atoms with Crippen molar-refractivity contribution < 1.29 is 4.79 Å². The van der Waals surface area contributed by atoms with Gasteiger partial charge >= 0.3 is 0 Å². The number of aromatic amines is 1. The SMILES string of the molecule is CC(=O)N1CCCN(c2nc[nH]c(=O)c2I)CC1. The van der Waals surface area contributed by atoms with Gasteiger partial charge in [0.15, 0.2) is 0 Å². The van der Waals surface area contributed by atoms with Crippen molar-refractivity contribution in [2.24, 2.45) is 0 Å². The fourth-order valence-electron chi connectivity index (χ4n) is 2.04. The Hall–Kier alpha value is -1.12. The fourth-order valence-corrected chi connectivity index (χ4v) is 2.67. The first-order valence-electron chi connectivity index (χ1n) is 5.83. The topological polar surface area (TPSA) is 69.3 Å². The van der Waals surface area contributed by atoms with Crippen molar-refractivity contribution in [3.8, 4) is 0 Å². The highest BCUT2D eigenvalue weighted by molar-refractivity contribution is 14.1. The molecule has 0 radical (unpaired) electrons. The molecule has 98 valence electrons. The third-order valence-corrected chi connectivity index (χ3v) is 3.99. The van der Waals surface area contributed by atoms with Crippen LogP contribution in [0.5, 0.6) is 0 Å². The molecule has 1 saturated heterocycles. The van der Waals surface area contributed by atoms with Crippen LogP contribution < -0.4 is 10.5 Å². The van der Waals surface area contributed by atoms with Gasteiger partial charge in [0.2, 0.25) is 5.91 Å². The van der Waals surface area contributed by atoms with E-state index in [4.69, 9.17) is 0 Å². The Balaban J connectivity index is 2.17. The van der Waals surface area contributed by atoms with Crippen molar-refractivity contribution in [1.82, 2.24) is 14.9 Å². The molecule has 0 unspecified atom stereocenters. The molecular formula is C11H15IN4O2. The monoisotopic (exact) mass is 362 g/mol. The smallest absolute Gasteiger partial charge is 0.266 e. The maximum Gasteiger partial charge on any atom is 0.266 e. The number of rotatable bonds is 1. The van der Waals surface area contributed by atoms with Crippen molar-refractivity contribution in [3.05, 3.63) is 20.3 Å². The van der Waals surface area contributed by atoms with Crippen LogP contribution in [0.15, 0.2) is 11.1 Å². The summed E-state index contributed by atoms with van der Waals surface area (Å²) in [5.41, 5.74) is -0.117. The summed E-state index contributed by atoms with van der Waals surface area (Å²) in [6.45, 7) is 4.57. The molecule has 0 aliphatic carbocycles. The van der Waals surface area contributed by atoms with E-state index in [1.165, 1.54) is 6.33 Å². The molecule has 0 spiro atoms. The van der Waals surface area contributed by atoms with Crippen LogP contribution in [0.3, 0.4) is 0 Å². The highest BCUT2D eigenvalue weighted by atomic mass is 127. The molecule has 1 aliphatic heterocycles. The Kier molecular flexibility index (Phi) is 4.20. The first kappa shape index (κ1) is 13.3. The van der Waals surface area contributed by atoms with Gasteiger partial charge in [-0.3, -0.25) is 9.59 Å². The lowest BCUT2D eigenvalue weighted by molar-refractivity contribution is -0.128. The zero-order valence-electron chi connectivity index (χ0n) is 10.1. The predicted octanol–water partition coefficient (Wildman–Crippen LogP) is 0.433. The molecule has 0 bridgehead atoms. The number of amides is 1. The number of nitrogens with zero attached hydrogens (tertiary/aromatic N) is 3. The van der Waals surface area contributed by atoms with Crippen molar-refractivity contribution in [2.75, 3.05) is 31.1 Å². The van der Waals surface area contributed by atoms with Crippen LogP contribution >= 0.6 is 22.6 Å². The van der Waals surface area contributed by atoms with Crippen LogP contribution in [0, 0.1) is 3.57 Å². The number of aromatic nitrogens is 2. The Labute approximate surface area is 119 Å². The number of nitrogens with one attached hydrogen (secondary N) is 1. The second-order valence-electron chi connectivity index (χ2n) is 4.22. The van der Waals surface area contributed by atoms with E-state index in [-0.39, 0.29) is 11.5 Å². The third-order valence-electron chi connectivity index (χ3n) is 3.02. The van der Waals surface area contributed by atoms with E-state index < -0.39 is 0 Å². The second kappa shape index (κ2) is 5.68. The maximum absolute atomic E-state index is 11.5. The van der Waals surface area contributed by atoms with E-state index in [0.29, 0.717) is 22.5 Å². The summed E-state index contributed by atoms with van der Waals surface area (Å²) in [6.07, 6.45) is 2.32. The van der Waals surface area contributed by atoms with Gasteiger partial charge in [-0.15, -0.1) is 0 Å². The third kappa shape index (κ3) is 2.82. The molecule has 1 aromatic heterocycles. The van der Waals surface area contributed by atoms with Crippen molar-refractivity contribution in [2.45, 2.75) is 13.3 Å². The predicted molar refractivity (Wildman–Crippen MR) is 76.7 cm³/mol. The van der Waals surface area contributed by atoms with Crippen LogP contribution in [0.2, 0.25) is 0 Å². The van der Waals surface area contributed by atoms with Gasteiger partial charge in [0.25, 0.3) is 5.56 Å². The summed E-state index contributed by atoms with van der Waals surface area (Å²) in [7, 11) is 0. The molecule has 1 N–H and O–H groups in total.